The van der Waals surface area contributed by atoms with Gasteiger partial charge in [0.1, 0.15) is 0 Å². The summed E-state index contributed by atoms with van der Waals surface area (Å²) in [6.45, 7) is 2.15. The minimum Gasteiger partial charge on any atom is -0.325 e. The van der Waals surface area contributed by atoms with Gasteiger partial charge in [0, 0.05) is 25.8 Å². The molecule has 25 heavy (non-hydrogen) atoms. The molecule has 0 aromatic heterocycles. The molecule has 2 rings (SSSR count). The predicted molar refractivity (Wildman–Crippen MR) is 98.8 cm³/mol. The van der Waals surface area contributed by atoms with Crippen LogP contribution in [0.15, 0.2) is 59.5 Å². The van der Waals surface area contributed by atoms with E-state index in [2.05, 4.69) is 10.6 Å². The maximum atomic E-state index is 12.0. The second kappa shape index (κ2) is 8.24. The van der Waals surface area contributed by atoms with Crippen LogP contribution in [0.4, 0.5) is 5.69 Å². The molecule has 0 bridgehead atoms. The van der Waals surface area contributed by atoms with Gasteiger partial charge in [0.15, 0.2) is 0 Å². The summed E-state index contributed by atoms with van der Waals surface area (Å²) in [5.41, 5.74) is 1.66. The van der Waals surface area contributed by atoms with Gasteiger partial charge in [-0.2, -0.15) is 0 Å². The van der Waals surface area contributed by atoms with Crippen molar-refractivity contribution in [3.8, 4) is 0 Å². The summed E-state index contributed by atoms with van der Waals surface area (Å²) in [5, 5.41) is 5.90. The summed E-state index contributed by atoms with van der Waals surface area (Å²) in [6.07, 6.45) is 0. The Labute approximate surface area is 148 Å². The van der Waals surface area contributed by atoms with Gasteiger partial charge in [-0.3, -0.25) is 4.79 Å². The van der Waals surface area contributed by atoms with Crippen molar-refractivity contribution < 1.29 is 13.2 Å². The van der Waals surface area contributed by atoms with Crippen LogP contribution < -0.4 is 10.6 Å². The first-order valence-corrected chi connectivity index (χ1v) is 9.35. The molecule has 2 N–H and O–H groups in total. The number of amides is 1. The summed E-state index contributed by atoms with van der Waals surface area (Å²) in [6, 6.07) is 16.0. The molecule has 2 aromatic carbocycles. The third-order valence-electron chi connectivity index (χ3n) is 3.79. The summed E-state index contributed by atoms with van der Waals surface area (Å²) in [7, 11) is -0.512. The zero-order valence-corrected chi connectivity index (χ0v) is 15.4. The van der Waals surface area contributed by atoms with E-state index < -0.39 is 10.0 Å². The highest BCUT2D eigenvalue weighted by Crippen LogP contribution is 2.16. The number of rotatable bonds is 7. The molecule has 0 fully saturated rings. The molecule has 0 aliphatic rings. The molecule has 1 atom stereocenters. The topological polar surface area (TPSA) is 78.5 Å². The zero-order valence-electron chi connectivity index (χ0n) is 14.6. The molecule has 6 nitrogen and oxygen atoms in total. The molecule has 0 saturated carbocycles. The zero-order chi connectivity index (χ0) is 18.4. The van der Waals surface area contributed by atoms with Crippen LogP contribution >= 0.6 is 0 Å². The number of carbonyl (C=O) groups excluding carboxylic acids is 1. The quantitative estimate of drug-likeness (QED) is 0.793. The van der Waals surface area contributed by atoms with Gasteiger partial charge in [0.05, 0.1) is 11.4 Å². The number of benzene rings is 2. The van der Waals surface area contributed by atoms with E-state index >= 15 is 0 Å². The minimum atomic E-state index is -3.47. The Hall–Kier alpha value is -2.22. The number of nitrogens with one attached hydrogen (secondary N) is 2. The van der Waals surface area contributed by atoms with Crippen molar-refractivity contribution in [1.82, 2.24) is 9.62 Å². The van der Waals surface area contributed by atoms with E-state index in [0.29, 0.717) is 5.69 Å². The van der Waals surface area contributed by atoms with Crippen LogP contribution in [-0.2, 0) is 14.8 Å². The molecule has 7 heteroatoms. The highest BCUT2D eigenvalue weighted by molar-refractivity contribution is 7.89. The lowest BCUT2D eigenvalue weighted by Gasteiger charge is -2.14. The molecule has 2 aromatic rings. The number of anilines is 1. The molecule has 0 saturated heterocycles. The van der Waals surface area contributed by atoms with Crippen LogP contribution in [0.2, 0.25) is 0 Å². The van der Waals surface area contributed by atoms with Crippen molar-refractivity contribution in [3.63, 3.8) is 0 Å². The number of hydrogen-bond acceptors (Lipinski definition) is 4. The van der Waals surface area contributed by atoms with E-state index in [1.54, 1.807) is 12.1 Å². The Bertz CT molecular complexity index is 803. The minimum absolute atomic E-state index is 0.0551. The van der Waals surface area contributed by atoms with Gasteiger partial charge < -0.3 is 10.6 Å². The van der Waals surface area contributed by atoms with Crippen LogP contribution in [0, 0.1) is 0 Å². The van der Waals surface area contributed by atoms with Crippen LogP contribution in [-0.4, -0.2) is 39.3 Å². The number of sulfonamides is 1. The fourth-order valence-electron chi connectivity index (χ4n) is 2.23. The molecule has 1 amide bonds. The number of carbonyl (C=O) groups is 1. The normalized spacial score (nSPS) is 12.8. The van der Waals surface area contributed by atoms with Crippen molar-refractivity contribution >= 4 is 21.6 Å². The lowest BCUT2D eigenvalue weighted by Crippen LogP contribution is -2.30. The molecule has 0 heterocycles. The Morgan fingerprint density at radius 2 is 1.64 bits per heavy atom. The van der Waals surface area contributed by atoms with Crippen LogP contribution in [0.5, 0.6) is 0 Å². The van der Waals surface area contributed by atoms with Gasteiger partial charge in [-0.1, -0.05) is 30.3 Å². The average molecular weight is 361 g/mol. The van der Waals surface area contributed by atoms with E-state index in [1.165, 1.54) is 26.2 Å². The number of hydrogen-bond donors (Lipinski definition) is 2. The monoisotopic (exact) mass is 361 g/mol. The van der Waals surface area contributed by atoms with Crippen LogP contribution in [0.1, 0.15) is 18.5 Å². The van der Waals surface area contributed by atoms with Crippen LogP contribution in [0.3, 0.4) is 0 Å². The Balaban J connectivity index is 1.91. The summed E-state index contributed by atoms with van der Waals surface area (Å²) in [5.74, 6) is -0.189. The van der Waals surface area contributed by atoms with Gasteiger partial charge in [0.2, 0.25) is 15.9 Å². The van der Waals surface area contributed by atoms with Gasteiger partial charge >= 0.3 is 0 Å². The third kappa shape index (κ3) is 5.12. The maximum absolute atomic E-state index is 12.0. The average Bonchev–Trinajstić information content (AvgIpc) is 2.60. The standard InChI is InChI=1S/C18H23N3O3S/c1-14(15-7-5-4-6-8-15)19-13-18(22)20-16-9-11-17(12-10-16)25(23,24)21(2)3/h4-12,14,19H,13H2,1-3H3,(H,20,22)/t14-/m1/s1. The molecule has 0 unspecified atom stereocenters. The molecule has 134 valence electrons. The Kier molecular flexibility index (Phi) is 6.30. The number of nitrogens with zero attached hydrogens (tertiary/aromatic N) is 1. The summed E-state index contributed by atoms with van der Waals surface area (Å²) < 4.78 is 25.2. The fourth-order valence-corrected chi connectivity index (χ4v) is 3.13. The lowest BCUT2D eigenvalue weighted by atomic mass is 10.1. The fraction of sp³-hybridized carbons (Fsp3) is 0.278. The van der Waals surface area contributed by atoms with Gasteiger partial charge in [0.25, 0.3) is 0 Å². The SMILES string of the molecule is C[C@@H](NCC(=O)Nc1ccc(S(=O)(=O)N(C)C)cc1)c1ccccc1. The van der Waals surface area contributed by atoms with E-state index in [0.717, 1.165) is 9.87 Å². The Morgan fingerprint density at radius 3 is 2.20 bits per heavy atom. The first-order valence-electron chi connectivity index (χ1n) is 7.91. The van der Waals surface area contributed by atoms with Crippen molar-refractivity contribution in [2.24, 2.45) is 0 Å². The molecular formula is C18H23N3O3S. The summed E-state index contributed by atoms with van der Waals surface area (Å²) >= 11 is 0. The summed E-state index contributed by atoms with van der Waals surface area (Å²) in [4.78, 5) is 12.2. The van der Waals surface area contributed by atoms with Crippen molar-refractivity contribution in [2.45, 2.75) is 17.9 Å². The van der Waals surface area contributed by atoms with Crippen LogP contribution in [0.25, 0.3) is 0 Å². The Morgan fingerprint density at radius 1 is 1.04 bits per heavy atom. The van der Waals surface area contributed by atoms with Crippen molar-refractivity contribution in [1.29, 1.82) is 0 Å². The van der Waals surface area contributed by atoms with E-state index in [4.69, 9.17) is 0 Å². The van der Waals surface area contributed by atoms with Gasteiger partial charge in [-0.05, 0) is 36.8 Å². The van der Waals surface area contributed by atoms with Gasteiger partial charge in [-0.15, -0.1) is 0 Å². The molecule has 0 spiro atoms. The first kappa shape index (κ1) is 19.1. The first-order chi connectivity index (χ1) is 11.8. The second-order valence-corrected chi connectivity index (χ2v) is 8.03. The second-order valence-electron chi connectivity index (χ2n) is 5.87. The van der Waals surface area contributed by atoms with E-state index in [9.17, 15) is 13.2 Å². The smallest absolute Gasteiger partial charge is 0.242 e. The maximum Gasteiger partial charge on any atom is 0.242 e. The van der Waals surface area contributed by atoms with Gasteiger partial charge in [-0.25, -0.2) is 12.7 Å². The highest BCUT2D eigenvalue weighted by atomic mass is 32.2. The molecule has 0 aliphatic heterocycles. The highest BCUT2D eigenvalue weighted by Gasteiger charge is 2.16. The van der Waals surface area contributed by atoms with E-state index in [1.807, 2.05) is 37.3 Å². The molecule has 0 aliphatic carbocycles. The van der Waals surface area contributed by atoms with Crippen molar-refractivity contribution in [2.75, 3.05) is 26.0 Å². The third-order valence-corrected chi connectivity index (χ3v) is 5.61. The lowest BCUT2D eigenvalue weighted by molar-refractivity contribution is -0.115. The van der Waals surface area contributed by atoms with E-state index in [-0.39, 0.29) is 23.4 Å². The largest absolute Gasteiger partial charge is 0.325 e. The molecule has 0 radical (unpaired) electrons. The molecular weight excluding hydrogens is 338 g/mol. The van der Waals surface area contributed by atoms with Crippen molar-refractivity contribution in [3.05, 3.63) is 60.2 Å². The predicted octanol–water partition coefficient (Wildman–Crippen LogP) is 2.23.